The number of nitrogens with one attached hydrogen (secondary N) is 1. The van der Waals surface area contributed by atoms with E-state index in [1.165, 1.54) is 11.3 Å². The van der Waals surface area contributed by atoms with Crippen LogP contribution < -0.4 is 5.32 Å². The molecule has 16 heavy (non-hydrogen) atoms. The van der Waals surface area contributed by atoms with E-state index in [0.29, 0.717) is 12.5 Å². The van der Waals surface area contributed by atoms with Crippen molar-refractivity contribution in [2.45, 2.75) is 13.5 Å². The minimum absolute atomic E-state index is 0.161. The van der Waals surface area contributed by atoms with Gasteiger partial charge in [0.1, 0.15) is 0 Å². The van der Waals surface area contributed by atoms with E-state index in [9.17, 15) is 4.79 Å². The molecule has 4 nitrogen and oxygen atoms in total. The van der Waals surface area contributed by atoms with Gasteiger partial charge in [-0.05, 0) is 24.5 Å². The number of thioether (sulfide) groups is 1. The van der Waals surface area contributed by atoms with Gasteiger partial charge in [0, 0.05) is 11.9 Å². The number of carboxylic acid groups (broad SMARTS) is 1. The number of rotatable bonds is 7. The molecule has 0 radical (unpaired) electrons. The minimum Gasteiger partial charge on any atom is -0.476 e. The average molecular weight is 260 g/mol. The first-order chi connectivity index (χ1) is 7.63. The Morgan fingerprint density at radius 2 is 2.50 bits per heavy atom. The zero-order valence-electron chi connectivity index (χ0n) is 9.40. The smallest absolute Gasteiger partial charge is 0.365 e. The molecule has 0 aliphatic rings. The molecule has 0 bridgehead atoms. The summed E-state index contributed by atoms with van der Waals surface area (Å²) in [6, 6.07) is 0. The van der Waals surface area contributed by atoms with E-state index in [-0.39, 0.29) is 5.01 Å². The third-order valence-electron chi connectivity index (χ3n) is 1.98. The molecule has 1 rings (SSSR count). The fourth-order valence-corrected chi connectivity index (χ4v) is 2.62. The van der Waals surface area contributed by atoms with Crippen LogP contribution in [0.15, 0.2) is 5.38 Å². The highest BCUT2D eigenvalue weighted by Gasteiger charge is 2.08. The maximum atomic E-state index is 10.6. The molecule has 1 aromatic heterocycles. The lowest BCUT2D eigenvalue weighted by Crippen LogP contribution is -2.22. The van der Waals surface area contributed by atoms with Crippen molar-refractivity contribution in [3.63, 3.8) is 0 Å². The summed E-state index contributed by atoms with van der Waals surface area (Å²) in [6.07, 6.45) is 2.09. The average Bonchev–Trinajstić information content (AvgIpc) is 2.67. The van der Waals surface area contributed by atoms with Crippen LogP contribution in [0.3, 0.4) is 0 Å². The number of hydrogen-bond acceptors (Lipinski definition) is 5. The topological polar surface area (TPSA) is 62.2 Å². The SMILES string of the molecule is CSCC(C)CNCc1csc(C(=O)O)n1. The fraction of sp³-hybridized carbons (Fsp3) is 0.600. The van der Waals surface area contributed by atoms with E-state index in [0.717, 1.165) is 18.0 Å². The second-order valence-electron chi connectivity index (χ2n) is 3.64. The van der Waals surface area contributed by atoms with Gasteiger partial charge in [-0.1, -0.05) is 6.92 Å². The number of carbonyl (C=O) groups is 1. The molecule has 1 heterocycles. The normalized spacial score (nSPS) is 12.6. The second kappa shape index (κ2) is 6.88. The van der Waals surface area contributed by atoms with Gasteiger partial charge in [-0.3, -0.25) is 0 Å². The Balaban J connectivity index is 2.29. The molecule has 0 spiro atoms. The van der Waals surface area contributed by atoms with Gasteiger partial charge in [0.15, 0.2) is 0 Å². The Morgan fingerprint density at radius 3 is 3.06 bits per heavy atom. The number of carboxylic acids is 1. The van der Waals surface area contributed by atoms with Crippen LogP contribution in [0.25, 0.3) is 0 Å². The van der Waals surface area contributed by atoms with Gasteiger partial charge in [0.05, 0.1) is 5.69 Å². The lowest BCUT2D eigenvalue weighted by atomic mass is 10.2. The molecule has 0 amide bonds. The zero-order valence-corrected chi connectivity index (χ0v) is 11.0. The zero-order chi connectivity index (χ0) is 12.0. The van der Waals surface area contributed by atoms with Gasteiger partial charge in [-0.25, -0.2) is 9.78 Å². The van der Waals surface area contributed by atoms with E-state index in [1.54, 1.807) is 5.38 Å². The van der Waals surface area contributed by atoms with Crippen LogP contribution in [0.2, 0.25) is 0 Å². The Bertz CT molecular complexity index is 341. The molecular formula is C10H16N2O2S2. The summed E-state index contributed by atoms with van der Waals surface area (Å²) < 4.78 is 0. The molecule has 6 heteroatoms. The summed E-state index contributed by atoms with van der Waals surface area (Å²) in [5.41, 5.74) is 0.804. The van der Waals surface area contributed by atoms with Crippen LogP contribution in [-0.4, -0.2) is 34.6 Å². The highest BCUT2D eigenvalue weighted by molar-refractivity contribution is 7.98. The van der Waals surface area contributed by atoms with Crippen molar-refractivity contribution in [2.75, 3.05) is 18.6 Å². The molecular weight excluding hydrogens is 244 g/mol. The van der Waals surface area contributed by atoms with E-state index >= 15 is 0 Å². The van der Waals surface area contributed by atoms with Crippen LogP contribution >= 0.6 is 23.1 Å². The van der Waals surface area contributed by atoms with Crippen LogP contribution in [0.1, 0.15) is 22.4 Å². The summed E-state index contributed by atoms with van der Waals surface area (Å²) in [4.78, 5) is 14.6. The van der Waals surface area contributed by atoms with Crippen LogP contribution in [0.5, 0.6) is 0 Å². The second-order valence-corrected chi connectivity index (χ2v) is 5.41. The predicted molar refractivity (Wildman–Crippen MR) is 68.3 cm³/mol. The van der Waals surface area contributed by atoms with Gasteiger partial charge in [-0.2, -0.15) is 11.8 Å². The molecule has 1 atom stereocenters. The van der Waals surface area contributed by atoms with Crippen molar-refractivity contribution in [1.82, 2.24) is 10.3 Å². The number of thiazole rings is 1. The highest BCUT2D eigenvalue weighted by atomic mass is 32.2. The van der Waals surface area contributed by atoms with E-state index in [4.69, 9.17) is 5.11 Å². The van der Waals surface area contributed by atoms with Crippen molar-refractivity contribution in [2.24, 2.45) is 5.92 Å². The Labute approximate surface area is 103 Å². The molecule has 0 saturated carbocycles. The van der Waals surface area contributed by atoms with Crippen molar-refractivity contribution < 1.29 is 9.90 Å². The van der Waals surface area contributed by atoms with Gasteiger partial charge in [0.2, 0.25) is 5.01 Å². The molecule has 90 valence electrons. The molecule has 0 aliphatic heterocycles. The molecule has 0 aromatic carbocycles. The number of hydrogen-bond donors (Lipinski definition) is 2. The van der Waals surface area contributed by atoms with Crippen molar-refractivity contribution in [3.8, 4) is 0 Å². The van der Waals surface area contributed by atoms with E-state index in [1.807, 2.05) is 11.8 Å². The number of aromatic carboxylic acids is 1. The third kappa shape index (κ3) is 4.51. The standard InChI is InChI=1S/C10H16N2O2S2/c1-7(5-15-2)3-11-4-8-6-16-9(12-8)10(13)14/h6-7,11H,3-5H2,1-2H3,(H,13,14). The molecule has 1 unspecified atom stereocenters. The Morgan fingerprint density at radius 1 is 1.75 bits per heavy atom. The molecule has 0 aliphatic carbocycles. The lowest BCUT2D eigenvalue weighted by Gasteiger charge is -2.09. The number of nitrogens with zero attached hydrogens (tertiary/aromatic N) is 1. The molecule has 1 aromatic rings. The molecule has 2 N–H and O–H groups in total. The van der Waals surface area contributed by atoms with Crippen molar-refractivity contribution >= 4 is 29.1 Å². The lowest BCUT2D eigenvalue weighted by molar-refractivity contribution is 0.0696. The van der Waals surface area contributed by atoms with Crippen LogP contribution in [0, 0.1) is 5.92 Å². The Kier molecular flexibility index (Phi) is 5.79. The first-order valence-corrected chi connectivity index (χ1v) is 7.28. The summed E-state index contributed by atoms with van der Waals surface area (Å²) in [5.74, 6) is 0.796. The van der Waals surface area contributed by atoms with Gasteiger partial charge in [0.25, 0.3) is 0 Å². The monoisotopic (exact) mass is 260 g/mol. The minimum atomic E-state index is -0.952. The molecule has 0 fully saturated rings. The molecule has 0 saturated heterocycles. The van der Waals surface area contributed by atoms with E-state index < -0.39 is 5.97 Å². The Hall–Kier alpha value is -0.590. The van der Waals surface area contributed by atoms with Crippen LogP contribution in [0.4, 0.5) is 0 Å². The summed E-state index contributed by atoms with van der Waals surface area (Å²) in [6.45, 7) is 3.76. The fourth-order valence-electron chi connectivity index (χ4n) is 1.28. The van der Waals surface area contributed by atoms with Crippen molar-refractivity contribution in [1.29, 1.82) is 0 Å². The third-order valence-corrected chi connectivity index (χ3v) is 3.77. The quantitative estimate of drug-likeness (QED) is 0.784. The van der Waals surface area contributed by atoms with E-state index in [2.05, 4.69) is 23.5 Å². The van der Waals surface area contributed by atoms with Gasteiger partial charge >= 0.3 is 5.97 Å². The maximum Gasteiger partial charge on any atom is 0.365 e. The first-order valence-electron chi connectivity index (χ1n) is 5.00. The summed E-state index contributed by atoms with van der Waals surface area (Å²) in [7, 11) is 0. The first kappa shape index (κ1) is 13.5. The highest BCUT2D eigenvalue weighted by Crippen LogP contribution is 2.09. The van der Waals surface area contributed by atoms with Crippen molar-refractivity contribution in [3.05, 3.63) is 16.1 Å². The largest absolute Gasteiger partial charge is 0.476 e. The summed E-state index contributed by atoms with van der Waals surface area (Å²) in [5, 5.41) is 13.9. The number of aromatic nitrogens is 1. The maximum absolute atomic E-state index is 10.6. The summed E-state index contributed by atoms with van der Waals surface area (Å²) >= 11 is 3.00. The predicted octanol–water partition coefficient (Wildman–Crippen LogP) is 1.93. The van der Waals surface area contributed by atoms with Gasteiger partial charge < -0.3 is 10.4 Å². The van der Waals surface area contributed by atoms with Gasteiger partial charge in [-0.15, -0.1) is 11.3 Å². The van der Waals surface area contributed by atoms with Crippen LogP contribution in [-0.2, 0) is 6.54 Å².